The molecule has 0 atom stereocenters. The molecule has 1 aliphatic rings. The smallest absolute Gasteiger partial charge is 0.299 e. The first-order chi connectivity index (χ1) is 11.5. The third-order valence-electron chi connectivity index (χ3n) is 3.42. The molecule has 1 N–H and O–H groups in total. The fourth-order valence-electron chi connectivity index (χ4n) is 2.29. The number of rotatable bonds is 4. The van der Waals surface area contributed by atoms with Gasteiger partial charge in [-0.25, -0.2) is 0 Å². The van der Waals surface area contributed by atoms with Gasteiger partial charge in [-0.05, 0) is 18.2 Å². The van der Waals surface area contributed by atoms with Crippen LogP contribution in [0.4, 0.5) is 22.7 Å². The van der Waals surface area contributed by atoms with Crippen molar-refractivity contribution in [3.05, 3.63) is 56.6 Å². The number of ether oxygens (including phenoxy) is 2. The molecule has 1 aliphatic heterocycles. The molecule has 1 heterocycles. The minimum Gasteiger partial charge on any atom is -0.490 e. The van der Waals surface area contributed by atoms with Crippen molar-refractivity contribution in [3.63, 3.8) is 0 Å². The Kier molecular flexibility index (Phi) is 4.15. The van der Waals surface area contributed by atoms with E-state index < -0.39 is 9.85 Å². The molecule has 3 rings (SSSR count). The molecule has 0 fully saturated rings. The van der Waals surface area contributed by atoms with Crippen molar-refractivity contribution in [3.8, 4) is 11.5 Å². The molecule has 0 aliphatic carbocycles. The lowest BCUT2D eigenvalue weighted by atomic mass is 10.2. The molecule has 0 radical (unpaired) electrons. The van der Waals surface area contributed by atoms with E-state index in [0.29, 0.717) is 30.4 Å². The summed E-state index contributed by atoms with van der Waals surface area (Å²) in [6.07, 6.45) is 0.769. The lowest BCUT2D eigenvalue weighted by Gasteiger charge is -2.11. The van der Waals surface area contributed by atoms with E-state index in [1.807, 2.05) is 0 Å². The zero-order valence-electron chi connectivity index (χ0n) is 12.4. The monoisotopic (exact) mass is 331 g/mol. The Morgan fingerprint density at radius 1 is 0.917 bits per heavy atom. The van der Waals surface area contributed by atoms with E-state index in [1.54, 1.807) is 18.2 Å². The standard InChI is InChI=1S/C15H13N3O6/c19-17(20)11-3-4-12(13(9-11)18(21)22)16-10-2-5-14-15(8-10)24-7-1-6-23-14/h2-5,8-9,16H,1,6-7H2. The minimum absolute atomic E-state index is 0.153. The Hall–Kier alpha value is -3.36. The largest absolute Gasteiger partial charge is 0.490 e. The predicted molar refractivity (Wildman–Crippen MR) is 85.1 cm³/mol. The number of nitro groups is 2. The summed E-state index contributed by atoms with van der Waals surface area (Å²) >= 11 is 0. The van der Waals surface area contributed by atoms with Crippen molar-refractivity contribution in [2.75, 3.05) is 18.5 Å². The zero-order chi connectivity index (χ0) is 17.1. The van der Waals surface area contributed by atoms with Gasteiger partial charge in [0.1, 0.15) is 5.69 Å². The summed E-state index contributed by atoms with van der Waals surface area (Å²) in [6.45, 7) is 1.09. The first-order valence-electron chi connectivity index (χ1n) is 7.14. The number of benzene rings is 2. The van der Waals surface area contributed by atoms with E-state index in [2.05, 4.69) is 5.32 Å². The topological polar surface area (TPSA) is 117 Å². The van der Waals surface area contributed by atoms with Crippen LogP contribution in [0.5, 0.6) is 11.5 Å². The molecule has 124 valence electrons. The van der Waals surface area contributed by atoms with E-state index >= 15 is 0 Å². The number of nitrogens with zero attached hydrogens (tertiary/aromatic N) is 2. The van der Waals surface area contributed by atoms with Gasteiger partial charge in [-0.1, -0.05) is 0 Å². The summed E-state index contributed by atoms with van der Waals surface area (Å²) in [5.41, 5.74) is -0.0153. The highest BCUT2D eigenvalue weighted by Crippen LogP contribution is 2.36. The van der Waals surface area contributed by atoms with E-state index in [1.165, 1.54) is 12.1 Å². The van der Waals surface area contributed by atoms with Crippen LogP contribution in [-0.4, -0.2) is 23.1 Å². The van der Waals surface area contributed by atoms with Gasteiger partial charge in [-0.2, -0.15) is 0 Å². The van der Waals surface area contributed by atoms with Gasteiger partial charge in [0, 0.05) is 24.2 Å². The van der Waals surface area contributed by atoms with Crippen molar-refractivity contribution in [2.45, 2.75) is 6.42 Å². The van der Waals surface area contributed by atoms with Crippen LogP contribution >= 0.6 is 0 Å². The fourth-order valence-corrected chi connectivity index (χ4v) is 2.29. The van der Waals surface area contributed by atoms with E-state index in [0.717, 1.165) is 12.5 Å². The van der Waals surface area contributed by atoms with Gasteiger partial charge < -0.3 is 14.8 Å². The van der Waals surface area contributed by atoms with Gasteiger partial charge >= 0.3 is 0 Å². The summed E-state index contributed by atoms with van der Waals surface area (Å²) in [5, 5.41) is 24.8. The molecule has 9 heteroatoms. The average Bonchev–Trinajstić information content (AvgIpc) is 2.79. The summed E-state index contributed by atoms with van der Waals surface area (Å²) in [7, 11) is 0. The molecule has 0 saturated carbocycles. The zero-order valence-corrected chi connectivity index (χ0v) is 12.4. The third kappa shape index (κ3) is 3.19. The molecule has 0 amide bonds. The van der Waals surface area contributed by atoms with Crippen molar-refractivity contribution in [1.29, 1.82) is 0 Å². The predicted octanol–water partition coefficient (Wildman–Crippen LogP) is 3.41. The molecule has 0 aromatic heterocycles. The van der Waals surface area contributed by atoms with Gasteiger partial charge in [-0.15, -0.1) is 0 Å². The van der Waals surface area contributed by atoms with Crippen LogP contribution < -0.4 is 14.8 Å². The second-order valence-electron chi connectivity index (χ2n) is 5.05. The molecule has 0 bridgehead atoms. The van der Waals surface area contributed by atoms with E-state index in [4.69, 9.17) is 9.47 Å². The van der Waals surface area contributed by atoms with Crippen LogP contribution in [0.2, 0.25) is 0 Å². The highest BCUT2D eigenvalue weighted by molar-refractivity contribution is 5.72. The van der Waals surface area contributed by atoms with Gasteiger partial charge in [-0.3, -0.25) is 20.2 Å². The maximum absolute atomic E-state index is 11.2. The number of fused-ring (bicyclic) bond motifs is 1. The highest BCUT2D eigenvalue weighted by atomic mass is 16.6. The van der Waals surface area contributed by atoms with Crippen molar-refractivity contribution >= 4 is 22.7 Å². The lowest BCUT2D eigenvalue weighted by molar-refractivity contribution is -0.393. The fraction of sp³-hybridized carbons (Fsp3) is 0.200. The average molecular weight is 331 g/mol. The van der Waals surface area contributed by atoms with Gasteiger partial charge in [0.15, 0.2) is 11.5 Å². The molecule has 0 saturated heterocycles. The van der Waals surface area contributed by atoms with Crippen LogP contribution in [0.1, 0.15) is 6.42 Å². The molecule has 2 aromatic rings. The number of anilines is 2. The van der Waals surface area contributed by atoms with E-state index in [9.17, 15) is 20.2 Å². The van der Waals surface area contributed by atoms with Crippen LogP contribution in [0, 0.1) is 20.2 Å². The second kappa shape index (κ2) is 6.41. The minimum atomic E-state index is -0.676. The van der Waals surface area contributed by atoms with Crippen LogP contribution in [0.15, 0.2) is 36.4 Å². The number of nitro benzene ring substituents is 2. The molecular weight excluding hydrogens is 318 g/mol. The number of hydrogen-bond donors (Lipinski definition) is 1. The summed E-state index contributed by atoms with van der Waals surface area (Å²) in [6, 6.07) is 8.51. The van der Waals surface area contributed by atoms with E-state index in [-0.39, 0.29) is 17.1 Å². The number of hydrogen-bond acceptors (Lipinski definition) is 7. The van der Waals surface area contributed by atoms with Gasteiger partial charge in [0.25, 0.3) is 11.4 Å². The lowest BCUT2D eigenvalue weighted by Crippen LogP contribution is -1.99. The summed E-state index contributed by atoms with van der Waals surface area (Å²) in [5.74, 6) is 1.15. The Morgan fingerprint density at radius 2 is 1.67 bits per heavy atom. The van der Waals surface area contributed by atoms with Crippen molar-refractivity contribution in [1.82, 2.24) is 0 Å². The maximum atomic E-state index is 11.2. The first-order valence-corrected chi connectivity index (χ1v) is 7.14. The normalized spacial score (nSPS) is 13.0. The Labute approximate surface area is 136 Å². The Morgan fingerprint density at radius 3 is 2.38 bits per heavy atom. The quantitative estimate of drug-likeness (QED) is 0.674. The summed E-state index contributed by atoms with van der Waals surface area (Å²) in [4.78, 5) is 20.6. The van der Waals surface area contributed by atoms with Crippen LogP contribution in [-0.2, 0) is 0 Å². The molecule has 0 spiro atoms. The second-order valence-corrected chi connectivity index (χ2v) is 5.05. The van der Waals surface area contributed by atoms with Gasteiger partial charge in [0.05, 0.1) is 29.1 Å². The molecule has 2 aromatic carbocycles. The van der Waals surface area contributed by atoms with Crippen LogP contribution in [0.25, 0.3) is 0 Å². The molecule has 9 nitrogen and oxygen atoms in total. The maximum Gasteiger partial charge on any atom is 0.299 e. The first kappa shape index (κ1) is 15.5. The number of non-ortho nitro benzene ring substituents is 1. The Balaban J connectivity index is 1.92. The molecule has 24 heavy (non-hydrogen) atoms. The molecular formula is C15H13N3O6. The Bertz CT molecular complexity index is 808. The third-order valence-corrected chi connectivity index (χ3v) is 3.42. The summed E-state index contributed by atoms with van der Waals surface area (Å²) < 4.78 is 11.1. The van der Waals surface area contributed by atoms with Crippen molar-refractivity contribution < 1.29 is 19.3 Å². The van der Waals surface area contributed by atoms with Gasteiger partial charge in [0.2, 0.25) is 0 Å². The van der Waals surface area contributed by atoms with Crippen molar-refractivity contribution in [2.24, 2.45) is 0 Å². The molecule has 0 unspecified atom stereocenters. The van der Waals surface area contributed by atoms with Crippen LogP contribution in [0.3, 0.4) is 0 Å². The highest BCUT2D eigenvalue weighted by Gasteiger charge is 2.20. The number of nitrogens with one attached hydrogen (secondary N) is 1. The SMILES string of the molecule is O=[N+]([O-])c1ccc(Nc2ccc3c(c2)OCCCO3)c([N+](=O)[O-])c1.